The monoisotopic (exact) mass is 347 g/mol. The number of para-hydroxylation sites is 1. The smallest absolute Gasteiger partial charge is 0.322 e. The molecule has 0 aliphatic heterocycles. The summed E-state index contributed by atoms with van der Waals surface area (Å²) in [6.45, 7) is 0. The van der Waals surface area contributed by atoms with E-state index >= 15 is 0 Å². The zero-order valence-corrected chi connectivity index (χ0v) is 10.9. The van der Waals surface area contributed by atoms with Crippen molar-refractivity contribution in [3.63, 3.8) is 0 Å². The molecule has 0 amide bonds. The van der Waals surface area contributed by atoms with Crippen LogP contribution in [0.3, 0.4) is 0 Å². The van der Waals surface area contributed by atoms with Crippen molar-refractivity contribution in [1.82, 2.24) is 9.97 Å². The van der Waals surface area contributed by atoms with Gasteiger partial charge in [-0.3, -0.25) is 0 Å². The minimum Gasteiger partial charge on any atom is -0.420 e. The van der Waals surface area contributed by atoms with Crippen molar-refractivity contribution in [3.8, 4) is 11.8 Å². The van der Waals surface area contributed by atoms with Crippen molar-refractivity contribution in [2.24, 2.45) is 0 Å². The van der Waals surface area contributed by atoms with Crippen LogP contribution in [0.1, 0.15) is 0 Å². The third-order valence-electron chi connectivity index (χ3n) is 1.79. The van der Waals surface area contributed by atoms with Gasteiger partial charge in [0.1, 0.15) is 0 Å². The SMILES string of the molecule is Nc1cccc(Cl)c1Oc1ncc(I)cn1. The van der Waals surface area contributed by atoms with Gasteiger partial charge in [-0.05, 0) is 34.7 Å². The zero-order chi connectivity index (χ0) is 11.5. The van der Waals surface area contributed by atoms with Gasteiger partial charge in [-0.1, -0.05) is 17.7 Å². The van der Waals surface area contributed by atoms with Crippen LogP contribution in [0.2, 0.25) is 5.02 Å². The number of nitrogens with two attached hydrogens (primary N) is 1. The number of benzene rings is 1. The van der Waals surface area contributed by atoms with Crippen LogP contribution in [0.25, 0.3) is 0 Å². The van der Waals surface area contributed by atoms with E-state index in [1.54, 1.807) is 30.6 Å². The Morgan fingerprint density at radius 2 is 1.94 bits per heavy atom. The Hall–Kier alpha value is -1.08. The Morgan fingerprint density at radius 3 is 2.56 bits per heavy atom. The summed E-state index contributed by atoms with van der Waals surface area (Å²) in [7, 11) is 0. The van der Waals surface area contributed by atoms with E-state index in [4.69, 9.17) is 22.1 Å². The van der Waals surface area contributed by atoms with Gasteiger partial charge in [-0.15, -0.1) is 0 Å². The van der Waals surface area contributed by atoms with E-state index in [-0.39, 0.29) is 6.01 Å². The molecule has 0 saturated heterocycles. The van der Waals surface area contributed by atoms with Gasteiger partial charge in [0.05, 0.1) is 10.7 Å². The van der Waals surface area contributed by atoms with E-state index in [2.05, 4.69) is 32.6 Å². The van der Waals surface area contributed by atoms with E-state index in [9.17, 15) is 0 Å². The summed E-state index contributed by atoms with van der Waals surface area (Å²) in [6.07, 6.45) is 3.30. The number of nitrogen functional groups attached to an aromatic ring is 1. The van der Waals surface area contributed by atoms with Crippen LogP contribution >= 0.6 is 34.2 Å². The predicted molar refractivity (Wildman–Crippen MR) is 70.7 cm³/mol. The van der Waals surface area contributed by atoms with E-state index in [1.807, 2.05) is 0 Å². The Balaban J connectivity index is 2.30. The standard InChI is InChI=1S/C10H7ClIN3O/c11-7-2-1-3-8(13)9(7)16-10-14-4-6(12)5-15-10/h1-5H,13H2. The number of nitrogens with zero attached hydrogens (tertiary/aromatic N) is 2. The molecule has 0 atom stereocenters. The van der Waals surface area contributed by atoms with E-state index in [1.165, 1.54) is 0 Å². The van der Waals surface area contributed by atoms with Gasteiger partial charge in [-0.25, -0.2) is 9.97 Å². The Kier molecular flexibility index (Phi) is 3.45. The number of hydrogen-bond donors (Lipinski definition) is 1. The average molecular weight is 348 g/mol. The molecular formula is C10H7ClIN3O. The first-order chi connectivity index (χ1) is 7.66. The number of aromatic nitrogens is 2. The maximum atomic E-state index is 5.95. The second kappa shape index (κ2) is 4.84. The number of rotatable bonds is 2. The Bertz CT molecular complexity index is 484. The summed E-state index contributed by atoms with van der Waals surface area (Å²) in [5.74, 6) is 0.380. The van der Waals surface area contributed by atoms with Gasteiger partial charge in [-0.2, -0.15) is 0 Å². The van der Waals surface area contributed by atoms with Crippen molar-refractivity contribution in [1.29, 1.82) is 0 Å². The predicted octanol–water partition coefficient (Wildman–Crippen LogP) is 3.11. The minimum atomic E-state index is 0.222. The molecule has 1 heterocycles. The minimum absolute atomic E-state index is 0.222. The highest BCUT2D eigenvalue weighted by Crippen LogP contribution is 2.33. The van der Waals surface area contributed by atoms with Gasteiger partial charge in [0.25, 0.3) is 0 Å². The lowest BCUT2D eigenvalue weighted by Crippen LogP contribution is -1.96. The summed E-state index contributed by atoms with van der Waals surface area (Å²) in [5, 5.41) is 0.433. The zero-order valence-electron chi connectivity index (χ0n) is 8.02. The number of anilines is 1. The molecule has 2 rings (SSSR count). The molecule has 6 heteroatoms. The summed E-state index contributed by atoms with van der Waals surface area (Å²) < 4.78 is 6.34. The molecule has 16 heavy (non-hydrogen) atoms. The Morgan fingerprint density at radius 1 is 1.25 bits per heavy atom. The van der Waals surface area contributed by atoms with Gasteiger partial charge >= 0.3 is 6.01 Å². The molecule has 0 fully saturated rings. The molecule has 82 valence electrons. The molecule has 0 radical (unpaired) electrons. The van der Waals surface area contributed by atoms with Gasteiger partial charge in [0, 0.05) is 16.0 Å². The lowest BCUT2D eigenvalue weighted by Gasteiger charge is -2.07. The quantitative estimate of drug-likeness (QED) is 0.670. The number of hydrogen-bond acceptors (Lipinski definition) is 4. The van der Waals surface area contributed by atoms with Crippen molar-refractivity contribution in [2.75, 3.05) is 5.73 Å². The van der Waals surface area contributed by atoms with E-state index in [0.717, 1.165) is 3.57 Å². The van der Waals surface area contributed by atoms with Crippen molar-refractivity contribution >= 4 is 39.9 Å². The second-order valence-corrected chi connectivity index (χ2v) is 4.60. The normalized spacial score (nSPS) is 10.1. The summed E-state index contributed by atoms with van der Waals surface area (Å²) >= 11 is 8.06. The molecule has 2 N–H and O–H groups in total. The second-order valence-electron chi connectivity index (χ2n) is 2.94. The van der Waals surface area contributed by atoms with Crippen LogP contribution < -0.4 is 10.5 Å². The third-order valence-corrected chi connectivity index (χ3v) is 2.64. The van der Waals surface area contributed by atoms with Crippen LogP contribution in [-0.4, -0.2) is 9.97 Å². The number of ether oxygens (including phenoxy) is 1. The molecule has 1 aromatic heterocycles. The van der Waals surface area contributed by atoms with Crippen LogP contribution in [0.15, 0.2) is 30.6 Å². The lowest BCUT2D eigenvalue weighted by atomic mass is 10.3. The van der Waals surface area contributed by atoms with Crippen molar-refractivity contribution < 1.29 is 4.74 Å². The highest BCUT2D eigenvalue weighted by atomic mass is 127. The van der Waals surface area contributed by atoms with Crippen LogP contribution in [0, 0.1) is 3.57 Å². The molecule has 0 saturated carbocycles. The molecule has 1 aromatic carbocycles. The highest BCUT2D eigenvalue weighted by Gasteiger charge is 2.08. The molecule has 0 aliphatic rings. The first kappa shape index (κ1) is 11.4. The molecule has 0 aliphatic carbocycles. The van der Waals surface area contributed by atoms with Crippen LogP contribution in [0.4, 0.5) is 5.69 Å². The summed E-state index contributed by atoms with van der Waals surface area (Å²) in [5.41, 5.74) is 6.19. The maximum Gasteiger partial charge on any atom is 0.322 e. The first-order valence-electron chi connectivity index (χ1n) is 4.36. The maximum absolute atomic E-state index is 5.95. The van der Waals surface area contributed by atoms with Crippen LogP contribution in [0.5, 0.6) is 11.8 Å². The average Bonchev–Trinajstić information content (AvgIpc) is 2.26. The number of halogens is 2. The van der Waals surface area contributed by atoms with Crippen LogP contribution in [-0.2, 0) is 0 Å². The summed E-state index contributed by atoms with van der Waals surface area (Å²) in [6, 6.07) is 5.37. The third kappa shape index (κ3) is 2.53. The van der Waals surface area contributed by atoms with Gasteiger partial charge in [0.15, 0.2) is 5.75 Å². The molecular weight excluding hydrogens is 340 g/mol. The first-order valence-corrected chi connectivity index (χ1v) is 5.82. The molecule has 0 bridgehead atoms. The van der Waals surface area contributed by atoms with Gasteiger partial charge in [0.2, 0.25) is 0 Å². The van der Waals surface area contributed by atoms with E-state index in [0.29, 0.717) is 16.5 Å². The molecule has 4 nitrogen and oxygen atoms in total. The van der Waals surface area contributed by atoms with E-state index < -0.39 is 0 Å². The fraction of sp³-hybridized carbons (Fsp3) is 0. The summed E-state index contributed by atoms with van der Waals surface area (Å²) in [4.78, 5) is 8.00. The largest absolute Gasteiger partial charge is 0.420 e. The molecule has 0 unspecified atom stereocenters. The molecule has 0 spiro atoms. The van der Waals surface area contributed by atoms with Gasteiger partial charge < -0.3 is 10.5 Å². The lowest BCUT2D eigenvalue weighted by molar-refractivity contribution is 0.443. The highest BCUT2D eigenvalue weighted by molar-refractivity contribution is 14.1. The topological polar surface area (TPSA) is 61.0 Å². The fourth-order valence-electron chi connectivity index (χ4n) is 1.08. The van der Waals surface area contributed by atoms with Crippen molar-refractivity contribution in [2.45, 2.75) is 0 Å². The Labute approximate surface area is 111 Å². The fourth-order valence-corrected chi connectivity index (χ4v) is 1.58. The van der Waals surface area contributed by atoms with Crippen molar-refractivity contribution in [3.05, 3.63) is 39.2 Å². The molecule has 2 aromatic rings.